The average Bonchev–Trinajstić information content (AvgIpc) is 2.45. The van der Waals surface area contributed by atoms with Gasteiger partial charge in [-0.3, -0.25) is 9.78 Å². The van der Waals surface area contributed by atoms with Gasteiger partial charge in [0.15, 0.2) is 6.29 Å². The molecule has 19 heavy (non-hydrogen) atoms. The molecule has 1 heterocycles. The zero-order valence-corrected chi connectivity index (χ0v) is 11.5. The number of halogens is 1. The highest BCUT2D eigenvalue weighted by Gasteiger charge is 2.12. The van der Waals surface area contributed by atoms with E-state index in [1.807, 2.05) is 37.3 Å². The maximum Gasteiger partial charge on any atom is 0.153 e. The molecule has 0 fully saturated rings. The van der Waals surface area contributed by atoms with Gasteiger partial charge in [-0.15, -0.1) is 0 Å². The van der Waals surface area contributed by atoms with Crippen molar-refractivity contribution in [3.05, 3.63) is 58.9 Å². The van der Waals surface area contributed by atoms with Crippen molar-refractivity contribution in [2.75, 3.05) is 11.4 Å². The monoisotopic (exact) mass is 274 g/mol. The van der Waals surface area contributed by atoms with Crippen LogP contribution in [0.15, 0.2) is 42.6 Å². The van der Waals surface area contributed by atoms with Gasteiger partial charge in [0, 0.05) is 18.4 Å². The SMILES string of the molecule is CCN(Cc1ccccn1)c1cccc(Cl)c1C=O. The summed E-state index contributed by atoms with van der Waals surface area (Å²) in [4.78, 5) is 17.6. The van der Waals surface area contributed by atoms with Crippen LogP contribution in [0.3, 0.4) is 0 Å². The molecule has 0 radical (unpaired) electrons. The van der Waals surface area contributed by atoms with Gasteiger partial charge < -0.3 is 4.90 Å². The van der Waals surface area contributed by atoms with Crippen LogP contribution in [0.25, 0.3) is 0 Å². The van der Waals surface area contributed by atoms with E-state index in [9.17, 15) is 4.79 Å². The first-order chi connectivity index (χ1) is 9.26. The largest absolute Gasteiger partial charge is 0.365 e. The standard InChI is InChI=1S/C15H15ClN2O/c1-2-18(10-12-6-3-4-9-17-12)15-8-5-7-14(16)13(15)11-19/h3-9,11H,2,10H2,1H3. The van der Waals surface area contributed by atoms with E-state index in [4.69, 9.17) is 11.6 Å². The summed E-state index contributed by atoms with van der Waals surface area (Å²) < 4.78 is 0. The van der Waals surface area contributed by atoms with Crippen LogP contribution in [-0.4, -0.2) is 17.8 Å². The number of hydrogen-bond acceptors (Lipinski definition) is 3. The minimum atomic E-state index is 0.479. The third-order valence-electron chi connectivity index (χ3n) is 2.95. The lowest BCUT2D eigenvalue weighted by Gasteiger charge is -2.24. The number of hydrogen-bond donors (Lipinski definition) is 0. The second-order valence-electron chi connectivity index (χ2n) is 4.13. The molecule has 2 aromatic rings. The number of carbonyl (C=O) groups is 1. The summed E-state index contributed by atoms with van der Waals surface area (Å²) in [7, 11) is 0. The van der Waals surface area contributed by atoms with Gasteiger partial charge in [-0.05, 0) is 31.2 Å². The first-order valence-corrected chi connectivity index (χ1v) is 6.52. The van der Waals surface area contributed by atoms with Crippen LogP contribution in [-0.2, 0) is 6.54 Å². The van der Waals surface area contributed by atoms with Gasteiger partial charge in [-0.2, -0.15) is 0 Å². The normalized spacial score (nSPS) is 10.2. The molecule has 0 spiro atoms. The Kier molecular flexibility index (Phi) is 4.53. The molecule has 1 aromatic heterocycles. The van der Waals surface area contributed by atoms with E-state index in [0.29, 0.717) is 17.1 Å². The Morgan fingerprint density at radius 2 is 2.11 bits per heavy atom. The van der Waals surface area contributed by atoms with Gasteiger partial charge in [0.2, 0.25) is 0 Å². The first-order valence-electron chi connectivity index (χ1n) is 6.14. The molecule has 0 unspecified atom stereocenters. The molecule has 0 aliphatic rings. The predicted molar refractivity (Wildman–Crippen MR) is 77.8 cm³/mol. The van der Waals surface area contributed by atoms with Crippen molar-refractivity contribution in [3.8, 4) is 0 Å². The molecular formula is C15H15ClN2O. The number of carbonyl (C=O) groups excluding carboxylic acids is 1. The molecule has 0 aliphatic carbocycles. The number of aldehydes is 1. The summed E-state index contributed by atoms with van der Waals surface area (Å²) in [6.45, 7) is 3.47. The number of nitrogens with zero attached hydrogens (tertiary/aromatic N) is 2. The molecule has 1 aromatic carbocycles. The Morgan fingerprint density at radius 3 is 2.74 bits per heavy atom. The highest BCUT2D eigenvalue weighted by Crippen LogP contribution is 2.26. The van der Waals surface area contributed by atoms with Crippen molar-refractivity contribution in [1.29, 1.82) is 0 Å². The van der Waals surface area contributed by atoms with Crippen molar-refractivity contribution < 1.29 is 4.79 Å². The van der Waals surface area contributed by atoms with Crippen LogP contribution in [0, 0.1) is 0 Å². The van der Waals surface area contributed by atoms with E-state index in [0.717, 1.165) is 24.2 Å². The summed E-state index contributed by atoms with van der Waals surface area (Å²) in [5, 5.41) is 0.479. The van der Waals surface area contributed by atoms with Gasteiger partial charge in [-0.1, -0.05) is 23.7 Å². The van der Waals surface area contributed by atoms with E-state index in [1.54, 1.807) is 12.3 Å². The fourth-order valence-electron chi connectivity index (χ4n) is 1.97. The minimum Gasteiger partial charge on any atom is -0.365 e. The van der Waals surface area contributed by atoms with Gasteiger partial charge in [-0.25, -0.2) is 0 Å². The number of rotatable bonds is 5. The van der Waals surface area contributed by atoms with Gasteiger partial charge in [0.25, 0.3) is 0 Å². The topological polar surface area (TPSA) is 33.2 Å². The predicted octanol–water partition coefficient (Wildman–Crippen LogP) is 3.57. The Bertz CT molecular complexity index is 557. The van der Waals surface area contributed by atoms with Crippen LogP contribution in [0.4, 0.5) is 5.69 Å². The molecule has 0 saturated carbocycles. The highest BCUT2D eigenvalue weighted by molar-refractivity contribution is 6.33. The van der Waals surface area contributed by atoms with Crippen molar-refractivity contribution in [1.82, 2.24) is 4.98 Å². The molecule has 3 nitrogen and oxygen atoms in total. The third-order valence-corrected chi connectivity index (χ3v) is 3.28. The molecular weight excluding hydrogens is 260 g/mol. The van der Waals surface area contributed by atoms with Crippen molar-refractivity contribution in [2.45, 2.75) is 13.5 Å². The second-order valence-corrected chi connectivity index (χ2v) is 4.53. The second kappa shape index (κ2) is 6.34. The van der Waals surface area contributed by atoms with Crippen LogP contribution in [0.1, 0.15) is 23.0 Å². The van der Waals surface area contributed by atoms with Crippen molar-refractivity contribution in [3.63, 3.8) is 0 Å². The fraction of sp³-hybridized carbons (Fsp3) is 0.200. The molecule has 0 amide bonds. The van der Waals surface area contributed by atoms with Crippen LogP contribution in [0.2, 0.25) is 5.02 Å². The zero-order valence-electron chi connectivity index (χ0n) is 10.7. The number of anilines is 1. The quantitative estimate of drug-likeness (QED) is 0.782. The highest BCUT2D eigenvalue weighted by atomic mass is 35.5. The fourth-order valence-corrected chi connectivity index (χ4v) is 2.19. The van der Waals surface area contributed by atoms with E-state index >= 15 is 0 Å². The van der Waals surface area contributed by atoms with E-state index in [-0.39, 0.29) is 0 Å². The summed E-state index contributed by atoms with van der Waals surface area (Å²) in [6, 6.07) is 11.3. The van der Waals surface area contributed by atoms with Gasteiger partial charge >= 0.3 is 0 Å². The maximum absolute atomic E-state index is 11.2. The summed E-state index contributed by atoms with van der Waals surface area (Å²) in [5.41, 5.74) is 2.33. The lowest BCUT2D eigenvalue weighted by Crippen LogP contribution is -2.23. The third kappa shape index (κ3) is 3.12. The van der Waals surface area contributed by atoms with Crippen LogP contribution < -0.4 is 4.90 Å². The average molecular weight is 275 g/mol. The Morgan fingerprint density at radius 1 is 1.26 bits per heavy atom. The lowest BCUT2D eigenvalue weighted by molar-refractivity contribution is 0.112. The summed E-state index contributed by atoms with van der Waals surface area (Å²) >= 11 is 6.06. The Labute approximate surface area is 117 Å². The summed E-state index contributed by atoms with van der Waals surface area (Å²) in [5.74, 6) is 0. The van der Waals surface area contributed by atoms with E-state index in [2.05, 4.69) is 9.88 Å². The smallest absolute Gasteiger partial charge is 0.153 e. The first kappa shape index (κ1) is 13.6. The molecule has 2 rings (SSSR count). The Hall–Kier alpha value is -1.87. The number of aromatic nitrogens is 1. The van der Waals surface area contributed by atoms with Gasteiger partial charge in [0.1, 0.15) is 0 Å². The molecule has 0 saturated heterocycles. The van der Waals surface area contributed by atoms with Crippen molar-refractivity contribution in [2.24, 2.45) is 0 Å². The molecule has 0 N–H and O–H groups in total. The summed E-state index contributed by atoms with van der Waals surface area (Å²) in [6.07, 6.45) is 2.57. The molecule has 0 atom stereocenters. The molecule has 4 heteroatoms. The van der Waals surface area contributed by atoms with Gasteiger partial charge in [0.05, 0.1) is 22.8 Å². The number of pyridine rings is 1. The zero-order chi connectivity index (χ0) is 13.7. The maximum atomic E-state index is 11.2. The number of benzene rings is 1. The molecule has 0 bridgehead atoms. The Balaban J connectivity index is 2.32. The van der Waals surface area contributed by atoms with Crippen LogP contribution in [0.5, 0.6) is 0 Å². The minimum absolute atomic E-state index is 0.479. The van der Waals surface area contributed by atoms with E-state index < -0.39 is 0 Å². The van der Waals surface area contributed by atoms with Crippen molar-refractivity contribution >= 4 is 23.6 Å². The molecule has 0 aliphatic heterocycles. The van der Waals surface area contributed by atoms with Crippen LogP contribution >= 0.6 is 11.6 Å². The lowest BCUT2D eigenvalue weighted by atomic mass is 10.1. The molecule has 98 valence electrons. The van der Waals surface area contributed by atoms with E-state index in [1.165, 1.54) is 0 Å².